The van der Waals surface area contributed by atoms with Gasteiger partial charge in [-0.2, -0.15) is 0 Å². The Bertz CT molecular complexity index is 652. The minimum absolute atomic E-state index is 0.145. The SMILES string of the molecule is O=C(Nc1ccc(Cl)c(O)c1)c1ccc([N+](=O)[O-])o1. The van der Waals surface area contributed by atoms with Crippen LogP contribution in [0.2, 0.25) is 5.02 Å². The number of nitrogens with zero attached hydrogens (tertiary/aromatic N) is 1. The summed E-state index contributed by atoms with van der Waals surface area (Å²) in [5.74, 6) is -1.59. The second-order valence-corrected chi connectivity index (χ2v) is 3.92. The van der Waals surface area contributed by atoms with Gasteiger partial charge in [-0.1, -0.05) is 11.6 Å². The van der Waals surface area contributed by atoms with E-state index in [4.69, 9.17) is 16.0 Å². The number of hydrogen-bond donors (Lipinski definition) is 2. The van der Waals surface area contributed by atoms with E-state index in [0.29, 0.717) is 0 Å². The molecular formula is C11H7ClN2O5. The summed E-state index contributed by atoms with van der Waals surface area (Å²) in [6.45, 7) is 0. The summed E-state index contributed by atoms with van der Waals surface area (Å²) in [6, 6.07) is 6.38. The van der Waals surface area contributed by atoms with Gasteiger partial charge < -0.3 is 14.8 Å². The maximum absolute atomic E-state index is 11.7. The van der Waals surface area contributed by atoms with Crippen molar-refractivity contribution >= 4 is 29.1 Å². The second-order valence-electron chi connectivity index (χ2n) is 3.52. The van der Waals surface area contributed by atoms with Crippen molar-refractivity contribution in [2.75, 3.05) is 5.32 Å². The third-order valence-corrected chi connectivity index (χ3v) is 2.52. The molecule has 1 aromatic carbocycles. The first-order valence-corrected chi connectivity index (χ1v) is 5.39. The van der Waals surface area contributed by atoms with Gasteiger partial charge in [-0.3, -0.25) is 14.9 Å². The number of nitro groups is 1. The molecule has 1 amide bonds. The predicted molar refractivity (Wildman–Crippen MR) is 66.4 cm³/mol. The van der Waals surface area contributed by atoms with Crippen LogP contribution in [-0.4, -0.2) is 15.9 Å². The molecule has 0 saturated carbocycles. The highest BCUT2D eigenvalue weighted by Crippen LogP contribution is 2.26. The highest BCUT2D eigenvalue weighted by molar-refractivity contribution is 6.32. The number of amides is 1. The summed E-state index contributed by atoms with van der Waals surface area (Å²) in [7, 11) is 0. The van der Waals surface area contributed by atoms with Crippen molar-refractivity contribution in [3.05, 3.63) is 51.2 Å². The number of phenols is 1. The number of anilines is 1. The number of halogens is 1. The topological polar surface area (TPSA) is 106 Å². The fourth-order valence-electron chi connectivity index (χ4n) is 1.33. The van der Waals surface area contributed by atoms with Crippen molar-refractivity contribution in [1.82, 2.24) is 0 Å². The van der Waals surface area contributed by atoms with Crippen molar-refractivity contribution in [2.24, 2.45) is 0 Å². The Morgan fingerprint density at radius 3 is 2.68 bits per heavy atom. The number of rotatable bonds is 3. The van der Waals surface area contributed by atoms with Crippen LogP contribution in [0.5, 0.6) is 5.75 Å². The summed E-state index contributed by atoms with van der Waals surface area (Å²) in [5.41, 5.74) is 0.283. The van der Waals surface area contributed by atoms with Crippen molar-refractivity contribution in [3.8, 4) is 5.75 Å². The highest BCUT2D eigenvalue weighted by Gasteiger charge is 2.17. The molecular weight excluding hydrogens is 276 g/mol. The summed E-state index contributed by atoms with van der Waals surface area (Å²) in [6.07, 6.45) is 0. The molecule has 0 fully saturated rings. The van der Waals surface area contributed by atoms with Crippen LogP contribution in [-0.2, 0) is 0 Å². The van der Waals surface area contributed by atoms with Gasteiger partial charge in [0, 0.05) is 11.8 Å². The predicted octanol–water partition coefficient (Wildman–Crippen LogP) is 2.80. The molecule has 1 heterocycles. The average Bonchev–Trinajstić information content (AvgIpc) is 2.83. The van der Waals surface area contributed by atoms with Gasteiger partial charge in [0.05, 0.1) is 11.1 Å². The van der Waals surface area contributed by atoms with Crippen molar-refractivity contribution in [3.63, 3.8) is 0 Å². The molecule has 0 aliphatic heterocycles. The Morgan fingerprint density at radius 1 is 1.37 bits per heavy atom. The van der Waals surface area contributed by atoms with E-state index in [9.17, 15) is 20.0 Å². The normalized spacial score (nSPS) is 10.2. The van der Waals surface area contributed by atoms with E-state index in [1.54, 1.807) is 0 Å². The molecule has 0 aliphatic carbocycles. The summed E-state index contributed by atoms with van der Waals surface area (Å²) >= 11 is 5.62. The number of carbonyl (C=O) groups is 1. The van der Waals surface area contributed by atoms with Gasteiger partial charge in [0.1, 0.15) is 10.7 Å². The van der Waals surface area contributed by atoms with Gasteiger partial charge in [-0.05, 0) is 18.2 Å². The van der Waals surface area contributed by atoms with E-state index in [-0.39, 0.29) is 22.2 Å². The van der Waals surface area contributed by atoms with Crippen molar-refractivity contribution in [1.29, 1.82) is 0 Å². The molecule has 0 atom stereocenters. The van der Waals surface area contributed by atoms with Gasteiger partial charge in [0.15, 0.2) is 5.76 Å². The Labute approximate surface area is 111 Å². The first-order valence-electron chi connectivity index (χ1n) is 5.01. The lowest BCUT2D eigenvalue weighted by molar-refractivity contribution is -0.402. The Kier molecular flexibility index (Phi) is 3.39. The smallest absolute Gasteiger partial charge is 0.433 e. The molecule has 0 aliphatic rings. The highest BCUT2D eigenvalue weighted by atomic mass is 35.5. The third-order valence-electron chi connectivity index (χ3n) is 2.20. The number of aromatic hydroxyl groups is 1. The van der Waals surface area contributed by atoms with Gasteiger partial charge in [-0.15, -0.1) is 0 Å². The average molecular weight is 283 g/mol. The number of furan rings is 1. The van der Waals surface area contributed by atoms with Gasteiger partial charge >= 0.3 is 5.88 Å². The summed E-state index contributed by atoms with van der Waals surface area (Å²) < 4.78 is 4.73. The van der Waals surface area contributed by atoms with Gasteiger partial charge in [0.2, 0.25) is 0 Å². The lowest BCUT2D eigenvalue weighted by Crippen LogP contribution is -2.10. The minimum atomic E-state index is -0.745. The maximum atomic E-state index is 11.7. The van der Waals surface area contributed by atoms with Gasteiger partial charge in [0.25, 0.3) is 5.91 Å². The standard InChI is InChI=1S/C11H7ClN2O5/c12-7-2-1-6(5-8(7)15)13-11(16)9-3-4-10(19-9)14(17)18/h1-5,15H,(H,13,16). The molecule has 2 rings (SSSR count). The Morgan fingerprint density at radius 2 is 2.11 bits per heavy atom. The zero-order valence-electron chi connectivity index (χ0n) is 9.29. The van der Waals surface area contributed by atoms with E-state index in [0.717, 1.165) is 6.07 Å². The van der Waals surface area contributed by atoms with E-state index in [1.165, 1.54) is 24.3 Å². The van der Waals surface area contributed by atoms with Crippen molar-refractivity contribution < 1.29 is 19.2 Å². The van der Waals surface area contributed by atoms with E-state index < -0.39 is 16.7 Å². The number of hydrogen-bond acceptors (Lipinski definition) is 5. The molecule has 2 N–H and O–H groups in total. The van der Waals surface area contributed by atoms with E-state index in [1.807, 2.05) is 0 Å². The van der Waals surface area contributed by atoms with Crippen LogP contribution in [0.15, 0.2) is 34.7 Å². The monoisotopic (exact) mass is 282 g/mol. The van der Waals surface area contributed by atoms with E-state index >= 15 is 0 Å². The minimum Gasteiger partial charge on any atom is -0.506 e. The molecule has 1 aromatic heterocycles. The molecule has 0 bridgehead atoms. The van der Waals surface area contributed by atoms with Crippen LogP contribution in [0.3, 0.4) is 0 Å². The quantitative estimate of drug-likeness (QED) is 0.665. The fourth-order valence-corrected chi connectivity index (χ4v) is 1.45. The van der Waals surface area contributed by atoms with Crippen LogP contribution in [0, 0.1) is 10.1 Å². The summed E-state index contributed by atoms with van der Waals surface area (Å²) in [4.78, 5) is 21.4. The van der Waals surface area contributed by atoms with Crippen LogP contribution in [0.4, 0.5) is 11.6 Å². The number of benzene rings is 1. The molecule has 8 heteroatoms. The van der Waals surface area contributed by atoms with Crippen LogP contribution in [0.1, 0.15) is 10.6 Å². The van der Waals surface area contributed by atoms with E-state index in [2.05, 4.69) is 5.32 Å². The third kappa shape index (κ3) is 2.83. The van der Waals surface area contributed by atoms with Crippen LogP contribution < -0.4 is 5.32 Å². The largest absolute Gasteiger partial charge is 0.506 e. The molecule has 2 aromatic rings. The lowest BCUT2D eigenvalue weighted by atomic mass is 10.3. The van der Waals surface area contributed by atoms with Gasteiger partial charge in [-0.25, -0.2) is 0 Å². The lowest BCUT2D eigenvalue weighted by Gasteiger charge is -2.04. The molecule has 0 unspecified atom stereocenters. The number of phenolic OH excluding ortho intramolecular Hbond substituents is 1. The first-order chi connectivity index (χ1) is 8.97. The molecule has 98 valence electrons. The maximum Gasteiger partial charge on any atom is 0.433 e. The molecule has 19 heavy (non-hydrogen) atoms. The molecule has 0 radical (unpaired) electrons. The molecule has 0 saturated heterocycles. The molecule has 7 nitrogen and oxygen atoms in total. The van der Waals surface area contributed by atoms with Crippen LogP contribution in [0.25, 0.3) is 0 Å². The number of carbonyl (C=O) groups excluding carboxylic acids is 1. The number of nitrogens with one attached hydrogen (secondary N) is 1. The van der Waals surface area contributed by atoms with Crippen LogP contribution >= 0.6 is 11.6 Å². The Balaban J connectivity index is 2.15. The van der Waals surface area contributed by atoms with Crippen molar-refractivity contribution in [2.45, 2.75) is 0 Å². The summed E-state index contributed by atoms with van der Waals surface area (Å²) in [5, 5.41) is 22.3. The Hall–Kier alpha value is -2.54. The zero-order valence-corrected chi connectivity index (χ0v) is 10.0. The second kappa shape index (κ2) is 4.99. The first kappa shape index (κ1) is 12.9. The zero-order chi connectivity index (χ0) is 14.0. The molecule has 0 spiro atoms. The fraction of sp³-hybridized carbons (Fsp3) is 0.